The Hall–Kier alpha value is -2.57. The Morgan fingerprint density at radius 1 is 1.17 bits per heavy atom. The van der Waals surface area contributed by atoms with Crippen LogP contribution in [-0.2, 0) is 16.1 Å². The summed E-state index contributed by atoms with van der Waals surface area (Å²) < 4.78 is 0. The molecule has 2 aliphatic rings. The highest BCUT2D eigenvalue weighted by molar-refractivity contribution is 5.95. The number of amides is 2. The number of nitrogens with zero attached hydrogens (tertiary/aromatic N) is 3. The van der Waals surface area contributed by atoms with Crippen molar-refractivity contribution in [1.82, 2.24) is 15.5 Å². The minimum atomic E-state index is 0.0147. The van der Waals surface area contributed by atoms with E-state index in [2.05, 4.69) is 17.6 Å². The molecule has 1 aliphatic carbocycles. The molecule has 1 aliphatic heterocycles. The average molecular weight is 414 g/mol. The zero-order valence-corrected chi connectivity index (χ0v) is 18.5. The van der Waals surface area contributed by atoms with Gasteiger partial charge in [0.25, 0.3) is 0 Å². The predicted molar refractivity (Wildman–Crippen MR) is 120 cm³/mol. The van der Waals surface area contributed by atoms with E-state index in [0.29, 0.717) is 30.9 Å². The van der Waals surface area contributed by atoms with Gasteiger partial charge in [-0.2, -0.15) is 0 Å². The van der Waals surface area contributed by atoms with E-state index in [4.69, 9.17) is 4.99 Å². The van der Waals surface area contributed by atoms with Gasteiger partial charge >= 0.3 is 0 Å². The number of carbonyl (C=O) groups excluding carboxylic acids is 2. The summed E-state index contributed by atoms with van der Waals surface area (Å²) in [6.45, 7) is 3.81. The number of rotatable bonds is 6. The van der Waals surface area contributed by atoms with Crippen molar-refractivity contribution < 1.29 is 9.59 Å². The second-order valence-electron chi connectivity index (χ2n) is 8.63. The molecule has 30 heavy (non-hydrogen) atoms. The predicted octanol–water partition coefficient (Wildman–Crippen LogP) is 2.52. The van der Waals surface area contributed by atoms with Crippen molar-refractivity contribution in [1.29, 1.82) is 0 Å². The molecule has 1 heterocycles. The van der Waals surface area contributed by atoms with Crippen LogP contribution in [0.4, 0.5) is 5.69 Å². The van der Waals surface area contributed by atoms with Crippen molar-refractivity contribution in [3.05, 3.63) is 29.8 Å². The van der Waals surface area contributed by atoms with E-state index in [1.54, 1.807) is 19.0 Å². The normalized spacial score (nSPS) is 22.2. The third kappa shape index (κ3) is 5.97. The Morgan fingerprint density at radius 3 is 2.53 bits per heavy atom. The molecule has 7 nitrogen and oxygen atoms in total. The van der Waals surface area contributed by atoms with Crippen molar-refractivity contribution in [2.75, 3.05) is 32.1 Å². The largest absolute Gasteiger partial charge is 0.353 e. The minimum Gasteiger partial charge on any atom is -0.353 e. The maximum Gasteiger partial charge on any atom is 0.241 e. The Bertz CT molecular complexity index is 759. The highest BCUT2D eigenvalue weighted by atomic mass is 16.2. The van der Waals surface area contributed by atoms with Crippen LogP contribution < -0.4 is 15.5 Å². The summed E-state index contributed by atoms with van der Waals surface area (Å²) in [6.07, 6.45) is 6.42. The second-order valence-corrected chi connectivity index (χ2v) is 8.63. The van der Waals surface area contributed by atoms with E-state index in [-0.39, 0.29) is 18.4 Å². The molecule has 2 fully saturated rings. The van der Waals surface area contributed by atoms with Gasteiger partial charge in [0.2, 0.25) is 11.8 Å². The molecular formula is C23H35N5O2. The second kappa shape index (κ2) is 10.5. The van der Waals surface area contributed by atoms with E-state index in [1.807, 2.05) is 29.2 Å². The zero-order valence-electron chi connectivity index (χ0n) is 18.5. The Balaban J connectivity index is 1.65. The van der Waals surface area contributed by atoms with Crippen LogP contribution >= 0.6 is 0 Å². The van der Waals surface area contributed by atoms with Crippen LogP contribution in [0, 0.1) is 5.92 Å². The van der Waals surface area contributed by atoms with Crippen molar-refractivity contribution in [3.8, 4) is 0 Å². The van der Waals surface area contributed by atoms with E-state index in [1.165, 1.54) is 19.3 Å². The standard InChI is InChI=1S/C23H35N5O2/c1-17-7-4-5-8-20(17)26-23(25-16-22(30)27(2)3)24-15-18-10-12-19(13-11-18)28-14-6-9-21(28)29/h10-13,17,20H,4-9,14-16H2,1-3H3,(H2,24,25,26). The molecule has 2 amide bonds. The number of guanidine groups is 1. The molecule has 164 valence electrons. The van der Waals surface area contributed by atoms with Crippen molar-refractivity contribution in [2.45, 2.75) is 58.0 Å². The highest BCUT2D eigenvalue weighted by Gasteiger charge is 2.23. The van der Waals surface area contributed by atoms with Gasteiger partial charge in [-0.1, -0.05) is 31.9 Å². The van der Waals surface area contributed by atoms with Gasteiger partial charge in [-0.25, -0.2) is 4.99 Å². The summed E-state index contributed by atoms with van der Waals surface area (Å²) in [5.74, 6) is 1.49. The first kappa shape index (κ1) is 22.1. The van der Waals surface area contributed by atoms with E-state index in [9.17, 15) is 9.59 Å². The molecule has 0 bridgehead atoms. The molecule has 1 aromatic carbocycles. The molecule has 1 aromatic rings. The van der Waals surface area contributed by atoms with Gasteiger partial charge < -0.3 is 20.4 Å². The fraction of sp³-hybridized carbons (Fsp3) is 0.609. The summed E-state index contributed by atoms with van der Waals surface area (Å²) in [5, 5.41) is 6.74. The number of nitrogens with one attached hydrogen (secondary N) is 2. The van der Waals surface area contributed by atoms with Crippen molar-refractivity contribution in [2.24, 2.45) is 10.9 Å². The molecule has 0 radical (unpaired) electrons. The monoisotopic (exact) mass is 413 g/mol. The first-order valence-electron chi connectivity index (χ1n) is 11.1. The van der Waals surface area contributed by atoms with Crippen LogP contribution in [0.25, 0.3) is 0 Å². The molecule has 2 atom stereocenters. The lowest BCUT2D eigenvalue weighted by atomic mass is 9.86. The van der Waals surface area contributed by atoms with Gasteiger partial charge in [0, 0.05) is 38.8 Å². The third-order valence-corrected chi connectivity index (χ3v) is 6.08. The van der Waals surface area contributed by atoms with Gasteiger partial charge in [0.05, 0.1) is 13.1 Å². The Labute approximate surface area is 179 Å². The number of benzene rings is 1. The highest BCUT2D eigenvalue weighted by Crippen LogP contribution is 2.24. The zero-order chi connectivity index (χ0) is 21.5. The summed E-state index contributed by atoms with van der Waals surface area (Å²) in [5.41, 5.74) is 2.02. The van der Waals surface area contributed by atoms with Gasteiger partial charge in [0.1, 0.15) is 0 Å². The topological polar surface area (TPSA) is 77.0 Å². The first-order valence-corrected chi connectivity index (χ1v) is 11.1. The van der Waals surface area contributed by atoms with E-state index < -0.39 is 0 Å². The first-order chi connectivity index (χ1) is 14.4. The fourth-order valence-electron chi connectivity index (χ4n) is 4.05. The number of carbonyl (C=O) groups is 2. The third-order valence-electron chi connectivity index (χ3n) is 6.08. The van der Waals surface area contributed by atoms with E-state index >= 15 is 0 Å². The van der Waals surface area contributed by atoms with Gasteiger partial charge in [0.15, 0.2) is 5.96 Å². The Morgan fingerprint density at radius 2 is 1.90 bits per heavy atom. The molecule has 2 unspecified atom stereocenters. The summed E-state index contributed by atoms with van der Waals surface area (Å²) >= 11 is 0. The summed E-state index contributed by atoms with van der Waals surface area (Å²) in [7, 11) is 3.51. The minimum absolute atomic E-state index is 0.0147. The summed E-state index contributed by atoms with van der Waals surface area (Å²) in [4.78, 5) is 32.1. The fourth-order valence-corrected chi connectivity index (χ4v) is 4.05. The SMILES string of the molecule is CC1CCCCC1NC(=NCc1ccc(N2CCCC2=O)cc1)NCC(=O)N(C)C. The van der Waals surface area contributed by atoms with Gasteiger partial charge in [-0.05, 0) is 42.9 Å². The van der Waals surface area contributed by atoms with Crippen LogP contribution in [0.2, 0.25) is 0 Å². The maximum absolute atomic E-state index is 12.0. The van der Waals surface area contributed by atoms with Crippen LogP contribution in [0.1, 0.15) is 51.0 Å². The lowest BCUT2D eigenvalue weighted by Crippen LogP contribution is -2.49. The lowest BCUT2D eigenvalue weighted by molar-refractivity contribution is -0.127. The molecule has 1 saturated heterocycles. The van der Waals surface area contributed by atoms with Crippen LogP contribution in [-0.4, -0.2) is 55.9 Å². The molecule has 2 N–H and O–H groups in total. The van der Waals surface area contributed by atoms with Crippen molar-refractivity contribution >= 4 is 23.5 Å². The van der Waals surface area contributed by atoms with Crippen LogP contribution in [0.3, 0.4) is 0 Å². The number of anilines is 1. The smallest absolute Gasteiger partial charge is 0.241 e. The Kier molecular flexibility index (Phi) is 7.71. The van der Waals surface area contributed by atoms with Gasteiger partial charge in [-0.3, -0.25) is 9.59 Å². The van der Waals surface area contributed by atoms with Crippen LogP contribution in [0.15, 0.2) is 29.3 Å². The molecule has 3 rings (SSSR count). The van der Waals surface area contributed by atoms with E-state index in [0.717, 1.165) is 30.6 Å². The quantitative estimate of drug-likeness (QED) is 0.555. The molecular weight excluding hydrogens is 378 g/mol. The number of hydrogen-bond donors (Lipinski definition) is 2. The number of aliphatic imine (C=N–C) groups is 1. The number of hydrogen-bond acceptors (Lipinski definition) is 3. The lowest BCUT2D eigenvalue weighted by Gasteiger charge is -2.31. The molecule has 1 saturated carbocycles. The van der Waals surface area contributed by atoms with Crippen LogP contribution in [0.5, 0.6) is 0 Å². The molecule has 7 heteroatoms. The van der Waals surface area contributed by atoms with Gasteiger partial charge in [-0.15, -0.1) is 0 Å². The maximum atomic E-state index is 12.0. The number of likely N-dealkylation sites (N-methyl/N-ethyl adjacent to an activating group) is 1. The average Bonchev–Trinajstić information content (AvgIpc) is 3.17. The summed E-state index contributed by atoms with van der Waals surface area (Å²) in [6, 6.07) is 8.41. The molecule has 0 spiro atoms. The van der Waals surface area contributed by atoms with Crippen molar-refractivity contribution in [3.63, 3.8) is 0 Å². The molecule has 0 aromatic heterocycles.